The second-order valence-electron chi connectivity index (χ2n) is 18.5. The Morgan fingerprint density at radius 3 is 1.05 bits per heavy atom. The van der Waals surface area contributed by atoms with E-state index in [1.807, 2.05) is 110 Å². The van der Waals surface area contributed by atoms with Crippen LogP contribution in [0, 0.1) is 70.2 Å². The maximum Gasteiger partial charge on any atom is 0.234 e. The number of nitrogens with zero attached hydrogens (tertiary/aromatic N) is 8. The summed E-state index contributed by atoms with van der Waals surface area (Å²) in [5.74, 6) is 0. The molecule has 10 aromatic carbocycles. The molecule has 0 radical (unpaired) electrons. The second-order valence-corrected chi connectivity index (χ2v) is 18.5. The number of benzene rings is 10. The van der Waals surface area contributed by atoms with Gasteiger partial charge in [0.05, 0.1) is 98.2 Å². The highest BCUT2D eigenvalue weighted by molar-refractivity contribution is 6.14. The lowest BCUT2D eigenvalue weighted by atomic mass is 9.97. The van der Waals surface area contributed by atoms with Gasteiger partial charge in [0.15, 0.2) is 0 Å². The van der Waals surface area contributed by atoms with Gasteiger partial charge >= 0.3 is 0 Å². The molecule has 8 nitrogen and oxygen atoms in total. The summed E-state index contributed by atoms with van der Waals surface area (Å²) in [7, 11) is 0. The maximum absolute atomic E-state index is 10.4. The lowest BCUT2D eigenvalue weighted by molar-refractivity contribution is 1.15. The summed E-state index contributed by atoms with van der Waals surface area (Å²) in [6.07, 6.45) is 0. The average molecular weight is 953 g/mol. The average Bonchev–Trinajstić information content (AvgIpc) is 3.99. The molecule has 0 amide bonds. The van der Waals surface area contributed by atoms with Gasteiger partial charge in [0.2, 0.25) is 5.69 Å². The summed E-state index contributed by atoms with van der Waals surface area (Å²) < 4.78 is 4.33. The Labute approximate surface area is 432 Å². The van der Waals surface area contributed by atoms with Crippen molar-refractivity contribution in [1.82, 2.24) is 9.13 Å². The van der Waals surface area contributed by atoms with Crippen LogP contribution in [0.4, 0.5) is 5.69 Å². The molecule has 12 rings (SSSR count). The first-order chi connectivity index (χ1) is 36.8. The van der Waals surface area contributed by atoms with Crippen LogP contribution in [-0.2, 0) is 0 Å². The van der Waals surface area contributed by atoms with Crippen molar-refractivity contribution >= 4 is 49.3 Å². The van der Waals surface area contributed by atoms with Crippen molar-refractivity contribution in [3.63, 3.8) is 0 Å². The van der Waals surface area contributed by atoms with Gasteiger partial charge in [-0.25, -0.2) is 4.85 Å². The van der Waals surface area contributed by atoms with E-state index >= 15 is 0 Å². The van der Waals surface area contributed by atoms with Crippen LogP contribution in [0.3, 0.4) is 0 Å². The summed E-state index contributed by atoms with van der Waals surface area (Å²) in [6, 6.07) is 76.5. The van der Waals surface area contributed by atoms with Crippen LogP contribution in [-0.4, -0.2) is 9.13 Å². The minimum absolute atomic E-state index is 0.340. The molecule has 0 fully saturated rings. The monoisotopic (exact) mass is 952 g/mol. The van der Waals surface area contributed by atoms with Gasteiger partial charge in [-0.2, -0.15) is 26.3 Å². The summed E-state index contributed by atoms with van der Waals surface area (Å²) in [6.45, 7) is 11.4. The van der Waals surface area contributed by atoms with Crippen molar-refractivity contribution in [2.45, 2.75) is 6.92 Å². The minimum atomic E-state index is 0.340. The first kappa shape index (κ1) is 44.9. The van der Waals surface area contributed by atoms with E-state index in [1.54, 1.807) is 24.3 Å². The summed E-state index contributed by atoms with van der Waals surface area (Å²) >= 11 is 0. The molecule has 0 atom stereocenters. The Hall–Kier alpha value is -11.3. The molecule has 75 heavy (non-hydrogen) atoms. The molecule has 0 bridgehead atoms. The summed E-state index contributed by atoms with van der Waals surface area (Å²) in [5, 5.41) is 53.9. The largest absolute Gasteiger partial charge is 0.319 e. The highest BCUT2D eigenvalue weighted by atomic mass is 15.1. The van der Waals surface area contributed by atoms with Crippen molar-refractivity contribution in [2.24, 2.45) is 0 Å². The number of hydrogen-bond acceptors (Lipinski definition) is 5. The second kappa shape index (κ2) is 18.2. The molecular weight excluding hydrogens is 917 g/mol. The summed E-state index contributed by atoms with van der Waals surface area (Å²) in [5.41, 5.74) is 16.8. The molecule has 0 spiro atoms. The van der Waals surface area contributed by atoms with Crippen LogP contribution >= 0.6 is 0 Å². The minimum Gasteiger partial charge on any atom is -0.319 e. The van der Waals surface area contributed by atoms with Crippen LogP contribution in [0.25, 0.3) is 115 Å². The number of fused-ring (bicyclic) bond motifs is 6. The fourth-order valence-electron chi connectivity index (χ4n) is 10.7. The highest BCUT2D eigenvalue weighted by Crippen LogP contribution is 2.48. The normalized spacial score (nSPS) is 10.9. The van der Waals surface area contributed by atoms with Gasteiger partial charge in [0.25, 0.3) is 0 Å². The first-order valence-corrected chi connectivity index (χ1v) is 24.0. The van der Waals surface area contributed by atoms with Gasteiger partial charge in [-0.05, 0) is 159 Å². The number of nitriles is 5. The first-order valence-electron chi connectivity index (χ1n) is 24.0. The predicted octanol–water partition coefficient (Wildman–Crippen LogP) is 16.4. The van der Waals surface area contributed by atoms with Crippen LogP contribution in [0.15, 0.2) is 200 Å². The van der Waals surface area contributed by atoms with Crippen molar-refractivity contribution < 1.29 is 0 Å². The van der Waals surface area contributed by atoms with Gasteiger partial charge in [-0.3, -0.25) is 0 Å². The van der Waals surface area contributed by atoms with E-state index in [0.717, 1.165) is 105 Å². The third-order valence-electron chi connectivity index (χ3n) is 14.1. The fourth-order valence-corrected chi connectivity index (χ4v) is 10.7. The predicted molar refractivity (Wildman–Crippen MR) is 297 cm³/mol. The molecule has 344 valence electrons. The fraction of sp³-hybridized carbons (Fsp3) is 0.0149. The molecule has 2 heterocycles. The zero-order valence-electron chi connectivity index (χ0n) is 40.1. The van der Waals surface area contributed by atoms with Crippen LogP contribution in [0.2, 0.25) is 0 Å². The van der Waals surface area contributed by atoms with Gasteiger partial charge in [0, 0.05) is 21.5 Å². The van der Waals surface area contributed by atoms with Crippen molar-refractivity contribution in [1.29, 1.82) is 26.3 Å². The Bertz CT molecular complexity index is 4470. The van der Waals surface area contributed by atoms with E-state index in [0.29, 0.717) is 44.9 Å². The molecule has 0 saturated heterocycles. The van der Waals surface area contributed by atoms with Crippen LogP contribution in [0.5, 0.6) is 0 Å². The Kier molecular flexibility index (Phi) is 10.9. The Morgan fingerprint density at radius 1 is 0.347 bits per heavy atom. The smallest absolute Gasteiger partial charge is 0.234 e. The number of aryl methyl sites for hydroxylation is 1. The third kappa shape index (κ3) is 7.67. The van der Waals surface area contributed by atoms with E-state index in [9.17, 15) is 32.9 Å². The van der Waals surface area contributed by atoms with E-state index < -0.39 is 0 Å². The van der Waals surface area contributed by atoms with Gasteiger partial charge < -0.3 is 9.13 Å². The Morgan fingerprint density at radius 2 is 0.693 bits per heavy atom. The summed E-state index contributed by atoms with van der Waals surface area (Å²) in [4.78, 5) is 4.57. The van der Waals surface area contributed by atoms with Gasteiger partial charge in [-0.15, -0.1) is 0 Å². The zero-order chi connectivity index (χ0) is 51.3. The molecule has 0 N–H and O–H groups in total. The zero-order valence-corrected chi connectivity index (χ0v) is 40.1. The maximum atomic E-state index is 10.4. The molecule has 8 heteroatoms. The molecule has 2 aromatic heterocycles. The van der Waals surface area contributed by atoms with Crippen LogP contribution < -0.4 is 0 Å². The standard InChI is InChI=1S/C67H36N8/c1-41-25-46(40-72)31-55(26-41)56-23-24-61(74-62-32-51(47-11-3-7-42(27-47)36-68)15-19-57(62)58-20-16-52(33-63(58)74)48-12-4-8-43(28-48)37-69)66(73-2)67(56)75-64-34-53(49-13-5-9-44(29-49)38-70)17-21-59(64)60-22-18-54(35-65(60)75)50-14-6-10-45(30-50)39-71/h3-35H,1H3. The SMILES string of the molecule is [C-]#[N+]c1c(-n2c3cc(-c4cccc(C#N)c4)ccc3c3ccc(-c4cccc(C#N)c4)cc32)ccc(-c2cc(C)cc(C#N)c2)c1-n1c2cc(-c3cccc(C#N)c3)ccc2c2ccc(-c3cccc(C#N)c3)cc21. The van der Waals surface area contributed by atoms with Gasteiger partial charge in [-0.1, -0.05) is 109 Å². The molecular formula is C67H36N8. The molecule has 12 aromatic rings. The lowest BCUT2D eigenvalue weighted by Crippen LogP contribution is -2.03. The third-order valence-corrected chi connectivity index (χ3v) is 14.1. The number of aromatic nitrogens is 2. The highest BCUT2D eigenvalue weighted by Gasteiger charge is 2.26. The van der Waals surface area contributed by atoms with Crippen LogP contribution in [0.1, 0.15) is 33.4 Å². The van der Waals surface area contributed by atoms with Gasteiger partial charge in [0.1, 0.15) is 0 Å². The molecule has 0 aliphatic rings. The van der Waals surface area contributed by atoms with E-state index in [-0.39, 0.29) is 0 Å². The van der Waals surface area contributed by atoms with Crippen molar-refractivity contribution in [3.8, 4) is 97.4 Å². The number of hydrogen-bond donors (Lipinski definition) is 0. The molecule has 0 saturated carbocycles. The lowest BCUT2D eigenvalue weighted by Gasteiger charge is -2.21. The molecule has 0 aliphatic heterocycles. The topological polar surface area (TPSA) is 133 Å². The van der Waals surface area contributed by atoms with E-state index in [4.69, 9.17) is 0 Å². The molecule has 0 unspecified atom stereocenters. The Balaban J connectivity index is 1.24. The van der Waals surface area contributed by atoms with Crippen molar-refractivity contribution in [2.75, 3.05) is 0 Å². The number of rotatable bonds is 7. The van der Waals surface area contributed by atoms with E-state index in [1.165, 1.54) is 0 Å². The van der Waals surface area contributed by atoms with Crippen molar-refractivity contribution in [3.05, 3.63) is 245 Å². The molecule has 0 aliphatic carbocycles. The van der Waals surface area contributed by atoms with E-state index in [2.05, 4.69) is 117 Å². The quantitative estimate of drug-likeness (QED) is 0.147.